The molecule has 2 aromatic carbocycles. The first-order valence-electron chi connectivity index (χ1n) is 7.98. The van der Waals surface area contributed by atoms with E-state index in [4.69, 9.17) is 11.6 Å². The van der Waals surface area contributed by atoms with Gasteiger partial charge in [0.2, 0.25) is 0 Å². The number of nitriles is 1. The van der Waals surface area contributed by atoms with E-state index in [1.807, 2.05) is 6.07 Å². The summed E-state index contributed by atoms with van der Waals surface area (Å²) < 4.78 is 13.4. The van der Waals surface area contributed by atoms with Crippen LogP contribution in [0, 0.1) is 17.1 Å². The molecule has 27 heavy (non-hydrogen) atoms. The fourth-order valence-corrected chi connectivity index (χ4v) is 2.81. The van der Waals surface area contributed by atoms with Gasteiger partial charge in [0, 0.05) is 29.0 Å². The smallest absolute Gasteiger partial charge is 0.163 e. The van der Waals surface area contributed by atoms with E-state index in [2.05, 4.69) is 26.3 Å². The highest BCUT2D eigenvalue weighted by Crippen LogP contribution is 2.29. The number of pyridine rings is 1. The molecule has 0 aliphatic carbocycles. The van der Waals surface area contributed by atoms with Gasteiger partial charge in [-0.3, -0.25) is 4.98 Å². The van der Waals surface area contributed by atoms with Crippen LogP contribution in [0.3, 0.4) is 0 Å². The van der Waals surface area contributed by atoms with Crippen molar-refractivity contribution in [2.75, 3.05) is 5.32 Å². The maximum atomic E-state index is 13.4. The third-order valence-electron chi connectivity index (χ3n) is 3.93. The Morgan fingerprint density at radius 1 is 1.07 bits per heavy atom. The SMILES string of the molecule is N#Cc1ccc2nc(-c3cccnc3)nc(Nc3ccc(F)c(Cl)c3)c2c1. The fourth-order valence-electron chi connectivity index (χ4n) is 2.63. The van der Waals surface area contributed by atoms with Crippen LogP contribution >= 0.6 is 11.6 Å². The zero-order chi connectivity index (χ0) is 18.8. The molecule has 0 bridgehead atoms. The van der Waals surface area contributed by atoms with Crippen molar-refractivity contribution in [1.29, 1.82) is 5.26 Å². The van der Waals surface area contributed by atoms with Crippen LogP contribution in [-0.2, 0) is 0 Å². The van der Waals surface area contributed by atoms with Gasteiger partial charge in [-0.1, -0.05) is 11.6 Å². The Balaban J connectivity index is 1.89. The van der Waals surface area contributed by atoms with Crippen molar-refractivity contribution >= 4 is 34.0 Å². The van der Waals surface area contributed by atoms with Gasteiger partial charge < -0.3 is 5.32 Å². The first-order chi connectivity index (χ1) is 13.1. The Labute approximate surface area is 159 Å². The lowest BCUT2D eigenvalue weighted by atomic mass is 10.1. The topological polar surface area (TPSA) is 74.5 Å². The minimum Gasteiger partial charge on any atom is -0.340 e. The molecule has 0 saturated carbocycles. The van der Waals surface area contributed by atoms with Gasteiger partial charge in [-0.15, -0.1) is 0 Å². The summed E-state index contributed by atoms with van der Waals surface area (Å²) in [6.45, 7) is 0. The molecule has 5 nitrogen and oxygen atoms in total. The predicted octanol–water partition coefficient (Wildman–Crippen LogP) is 5.10. The lowest BCUT2D eigenvalue weighted by molar-refractivity contribution is 0.628. The van der Waals surface area contributed by atoms with Gasteiger partial charge in [0.25, 0.3) is 0 Å². The van der Waals surface area contributed by atoms with Crippen molar-refractivity contribution in [3.8, 4) is 17.5 Å². The highest BCUT2D eigenvalue weighted by atomic mass is 35.5. The van der Waals surface area contributed by atoms with Crippen LogP contribution in [0.1, 0.15) is 5.56 Å². The van der Waals surface area contributed by atoms with Crippen LogP contribution in [0.25, 0.3) is 22.3 Å². The minimum absolute atomic E-state index is 0.00329. The Bertz CT molecular complexity index is 1190. The van der Waals surface area contributed by atoms with E-state index in [0.717, 1.165) is 5.56 Å². The van der Waals surface area contributed by atoms with E-state index < -0.39 is 5.82 Å². The molecule has 0 spiro atoms. The summed E-state index contributed by atoms with van der Waals surface area (Å²) >= 11 is 5.87. The van der Waals surface area contributed by atoms with Crippen molar-refractivity contribution < 1.29 is 4.39 Å². The van der Waals surface area contributed by atoms with E-state index in [0.29, 0.717) is 33.8 Å². The van der Waals surface area contributed by atoms with Crippen molar-refractivity contribution in [2.45, 2.75) is 0 Å². The van der Waals surface area contributed by atoms with Crippen molar-refractivity contribution in [3.63, 3.8) is 0 Å². The summed E-state index contributed by atoms with van der Waals surface area (Å²) in [5.41, 5.74) is 2.48. The molecule has 0 amide bonds. The molecule has 0 aliphatic heterocycles. The number of nitrogens with one attached hydrogen (secondary N) is 1. The van der Waals surface area contributed by atoms with Gasteiger partial charge in [-0.25, -0.2) is 14.4 Å². The van der Waals surface area contributed by atoms with E-state index in [-0.39, 0.29) is 5.02 Å². The average Bonchev–Trinajstić information content (AvgIpc) is 2.71. The van der Waals surface area contributed by atoms with E-state index in [9.17, 15) is 9.65 Å². The number of rotatable bonds is 3. The summed E-state index contributed by atoms with van der Waals surface area (Å²) in [7, 11) is 0. The first-order valence-corrected chi connectivity index (χ1v) is 8.36. The fraction of sp³-hybridized carbons (Fsp3) is 0. The van der Waals surface area contributed by atoms with Crippen LogP contribution < -0.4 is 5.32 Å². The molecular formula is C20H11ClFN5. The average molecular weight is 376 g/mol. The maximum absolute atomic E-state index is 13.4. The van der Waals surface area contributed by atoms with Crippen molar-refractivity contribution in [1.82, 2.24) is 15.0 Å². The first kappa shape index (κ1) is 16.9. The molecule has 4 rings (SSSR count). The summed E-state index contributed by atoms with van der Waals surface area (Å²) in [4.78, 5) is 13.3. The Hall–Kier alpha value is -3.56. The number of aromatic nitrogens is 3. The summed E-state index contributed by atoms with van der Waals surface area (Å²) in [6.07, 6.45) is 3.34. The van der Waals surface area contributed by atoms with Gasteiger partial charge in [-0.2, -0.15) is 5.26 Å². The van der Waals surface area contributed by atoms with Crippen LogP contribution in [0.5, 0.6) is 0 Å². The van der Waals surface area contributed by atoms with Crippen molar-refractivity contribution in [2.24, 2.45) is 0 Å². The molecule has 2 aromatic heterocycles. The van der Waals surface area contributed by atoms with Crippen LogP contribution in [0.15, 0.2) is 60.9 Å². The second-order valence-corrected chi connectivity index (χ2v) is 6.14. The molecule has 130 valence electrons. The number of halogens is 2. The third kappa shape index (κ3) is 3.41. The van der Waals surface area contributed by atoms with Gasteiger partial charge in [0.15, 0.2) is 5.82 Å². The molecule has 0 unspecified atom stereocenters. The maximum Gasteiger partial charge on any atom is 0.163 e. The van der Waals surface area contributed by atoms with Crippen LogP contribution in [0.4, 0.5) is 15.9 Å². The van der Waals surface area contributed by atoms with Gasteiger partial charge in [0.1, 0.15) is 11.6 Å². The van der Waals surface area contributed by atoms with E-state index >= 15 is 0 Å². The normalized spacial score (nSPS) is 10.6. The molecule has 4 aromatic rings. The highest BCUT2D eigenvalue weighted by molar-refractivity contribution is 6.31. The number of nitrogens with zero attached hydrogens (tertiary/aromatic N) is 4. The quantitative estimate of drug-likeness (QED) is 0.539. The largest absolute Gasteiger partial charge is 0.340 e. The standard InChI is InChI=1S/C20H11ClFN5/c21-16-9-14(4-5-17(16)22)25-20-15-8-12(10-23)3-6-18(15)26-19(27-20)13-2-1-7-24-11-13/h1-9,11H,(H,25,26,27). The minimum atomic E-state index is -0.502. The molecule has 0 radical (unpaired) electrons. The Morgan fingerprint density at radius 2 is 1.96 bits per heavy atom. The lowest BCUT2D eigenvalue weighted by Gasteiger charge is -2.12. The predicted molar refractivity (Wildman–Crippen MR) is 102 cm³/mol. The highest BCUT2D eigenvalue weighted by Gasteiger charge is 2.12. The lowest BCUT2D eigenvalue weighted by Crippen LogP contribution is -2.00. The Kier molecular flexibility index (Phi) is 4.37. The molecule has 0 saturated heterocycles. The number of hydrogen-bond acceptors (Lipinski definition) is 5. The van der Waals surface area contributed by atoms with E-state index in [1.54, 1.807) is 42.7 Å². The molecule has 1 N–H and O–H groups in total. The number of benzene rings is 2. The van der Waals surface area contributed by atoms with Gasteiger partial charge in [-0.05, 0) is 48.5 Å². The molecule has 7 heteroatoms. The number of anilines is 2. The Morgan fingerprint density at radius 3 is 2.70 bits per heavy atom. The van der Waals surface area contributed by atoms with Crippen LogP contribution in [-0.4, -0.2) is 15.0 Å². The zero-order valence-corrected chi connectivity index (χ0v) is 14.6. The summed E-state index contributed by atoms with van der Waals surface area (Å²) in [6, 6.07) is 15.2. The second-order valence-electron chi connectivity index (χ2n) is 5.74. The number of hydrogen-bond donors (Lipinski definition) is 1. The van der Waals surface area contributed by atoms with Gasteiger partial charge >= 0.3 is 0 Å². The van der Waals surface area contributed by atoms with Crippen LogP contribution in [0.2, 0.25) is 5.02 Å². The molecule has 0 fully saturated rings. The molecule has 2 heterocycles. The molecular weight excluding hydrogens is 365 g/mol. The number of fused-ring (bicyclic) bond motifs is 1. The third-order valence-corrected chi connectivity index (χ3v) is 4.22. The monoisotopic (exact) mass is 375 g/mol. The van der Waals surface area contributed by atoms with Crippen molar-refractivity contribution in [3.05, 3.63) is 77.3 Å². The van der Waals surface area contributed by atoms with E-state index in [1.165, 1.54) is 12.1 Å². The summed E-state index contributed by atoms with van der Waals surface area (Å²) in [5, 5.41) is 13.0. The molecule has 0 aliphatic rings. The summed E-state index contributed by atoms with van der Waals surface area (Å²) in [5.74, 6) is 0.465. The zero-order valence-electron chi connectivity index (χ0n) is 13.8. The van der Waals surface area contributed by atoms with Gasteiger partial charge in [0.05, 0.1) is 22.2 Å². The molecule has 0 atom stereocenters. The second kappa shape index (κ2) is 6.98.